The summed E-state index contributed by atoms with van der Waals surface area (Å²) >= 11 is 1.22. The van der Waals surface area contributed by atoms with Crippen molar-refractivity contribution < 1.29 is 14.3 Å². The molecule has 1 atom stereocenters. The number of ether oxygens (including phenoxy) is 2. The van der Waals surface area contributed by atoms with Crippen molar-refractivity contribution in [1.82, 2.24) is 14.9 Å². The van der Waals surface area contributed by atoms with Gasteiger partial charge in [-0.3, -0.25) is 4.79 Å². The minimum atomic E-state index is -0.456. The Labute approximate surface area is 195 Å². The Morgan fingerprint density at radius 1 is 0.970 bits per heavy atom. The highest BCUT2D eigenvalue weighted by molar-refractivity contribution is 8.00. The van der Waals surface area contributed by atoms with E-state index < -0.39 is 5.25 Å². The molecule has 0 aliphatic heterocycles. The monoisotopic (exact) mass is 461 g/mol. The van der Waals surface area contributed by atoms with Crippen LogP contribution < -0.4 is 20.6 Å². The third-order valence-corrected chi connectivity index (χ3v) is 5.82. The number of nitrogens with two attached hydrogens (primary N) is 1. The summed E-state index contributed by atoms with van der Waals surface area (Å²) in [4.78, 5) is 12.7. The number of carbonyl (C=O) groups excluding carboxylic acids is 1. The van der Waals surface area contributed by atoms with Gasteiger partial charge in [0.15, 0.2) is 5.82 Å². The van der Waals surface area contributed by atoms with Gasteiger partial charge >= 0.3 is 0 Å². The zero-order valence-corrected chi connectivity index (χ0v) is 19.0. The first kappa shape index (κ1) is 22.2. The Balaban J connectivity index is 1.39. The van der Waals surface area contributed by atoms with Crippen molar-refractivity contribution in [3.05, 3.63) is 78.9 Å². The van der Waals surface area contributed by atoms with Gasteiger partial charge in [-0.25, -0.2) is 4.68 Å². The van der Waals surface area contributed by atoms with E-state index in [-0.39, 0.29) is 5.91 Å². The van der Waals surface area contributed by atoms with Gasteiger partial charge < -0.3 is 20.6 Å². The van der Waals surface area contributed by atoms with Gasteiger partial charge in [0, 0.05) is 5.69 Å². The number of nitrogen functional groups attached to an aromatic ring is 1. The summed E-state index contributed by atoms with van der Waals surface area (Å²) in [6.45, 7) is 1.78. The molecule has 0 aliphatic rings. The molecular formula is C24H23N5O3S. The molecule has 8 nitrogen and oxygen atoms in total. The number of thioether (sulfide) groups is 1. The van der Waals surface area contributed by atoms with Gasteiger partial charge in [-0.2, -0.15) is 0 Å². The molecule has 168 valence electrons. The van der Waals surface area contributed by atoms with Crippen LogP contribution in [-0.4, -0.2) is 33.1 Å². The number of para-hydroxylation sites is 2. The second-order valence-electron chi connectivity index (χ2n) is 7.07. The smallest absolute Gasteiger partial charge is 0.237 e. The van der Waals surface area contributed by atoms with E-state index >= 15 is 0 Å². The topological polar surface area (TPSA) is 104 Å². The van der Waals surface area contributed by atoms with Gasteiger partial charge in [-0.05, 0) is 55.5 Å². The summed E-state index contributed by atoms with van der Waals surface area (Å²) in [7, 11) is 1.58. The third-order valence-electron chi connectivity index (χ3n) is 4.76. The summed E-state index contributed by atoms with van der Waals surface area (Å²) in [5, 5.41) is 11.2. The molecule has 0 fully saturated rings. The fourth-order valence-electron chi connectivity index (χ4n) is 3.06. The van der Waals surface area contributed by atoms with Crippen LogP contribution in [0.1, 0.15) is 6.92 Å². The van der Waals surface area contributed by atoms with Crippen LogP contribution in [0, 0.1) is 0 Å². The van der Waals surface area contributed by atoms with E-state index in [4.69, 9.17) is 15.3 Å². The molecule has 0 saturated carbocycles. The summed E-state index contributed by atoms with van der Waals surface area (Å²) in [6.07, 6.45) is 0. The van der Waals surface area contributed by atoms with Crippen LogP contribution in [0.3, 0.4) is 0 Å². The second-order valence-corrected chi connectivity index (χ2v) is 8.37. The summed E-state index contributed by atoms with van der Waals surface area (Å²) in [6, 6.07) is 24.1. The summed E-state index contributed by atoms with van der Waals surface area (Å²) in [5.74, 6) is 8.55. The van der Waals surface area contributed by atoms with Crippen molar-refractivity contribution in [2.45, 2.75) is 17.3 Å². The largest absolute Gasteiger partial charge is 0.496 e. The number of nitrogens with zero attached hydrogens (tertiary/aromatic N) is 3. The lowest BCUT2D eigenvalue weighted by atomic mass is 10.2. The van der Waals surface area contributed by atoms with E-state index in [2.05, 4.69) is 15.5 Å². The molecule has 4 rings (SSSR count). The molecule has 4 aromatic rings. The van der Waals surface area contributed by atoms with Crippen molar-refractivity contribution in [3.63, 3.8) is 0 Å². The van der Waals surface area contributed by atoms with Crippen molar-refractivity contribution in [1.29, 1.82) is 0 Å². The number of amides is 1. The minimum Gasteiger partial charge on any atom is -0.496 e. The first-order chi connectivity index (χ1) is 16.0. The Hall–Kier alpha value is -3.98. The van der Waals surface area contributed by atoms with Gasteiger partial charge in [-0.15, -0.1) is 10.2 Å². The van der Waals surface area contributed by atoms with Gasteiger partial charge in [0.2, 0.25) is 11.1 Å². The Morgan fingerprint density at radius 2 is 1.64 bits per heavy atom. The molecule has 0 saturated heterocycles. The number of nitrogens with one attached hydrogen (secondary N) is 1. The maximum atomic E-state index is 12.7. The van der Waals surface area contributed by atoms with Gasteiger partial charge in [-0.1, -0.05) is 42.1 Å². The quantitative estimate of drug-likeness (QED) is 0.292. The molecule has 0 aliphatic carbocycles. The highest BCUT2D eigenvalue weighted by Crippen LogP contribution is 2.31. The average Bonchev–Trinajstić information content (AvgIpc) is 3.20. The van der Waals surface area contributed by atoms with Crippen molar-refractivity contribution in [3.8, 4) is 28.6 Å². The molecule has 0 spiro atoms. The Kier molecular flexibility index (Phi) is 6.80. The number of hydrogen-bond acceptors (Lipinski definition) is 7. The van der Waals surface area contributed by atoms with E-state index in [1.807, 2.05) is 54.6 Å². The van der Waals surface area contributed by atoms with E-state index in [1.54, 1.807) is 38.3 Å². The number of aromatic nitrogens is 3. The zero-order valence-electron chi connectivity index (χ0n) is 18.1. The second kappa shape index (κ2) is 10.1. The zero-order chi connectivity index (χ0) is 23.2. The highest BCUT2D eigenvalue weighted by atomic mass is 32.2. The van der Waals surface area contributed by atoms with E-state index in [9.17, 15) is 4.79 Å². The molecule has 0 unspecified atom stereocenters. The molecule has 1 aromatic heterocycles. The van der Waals surface area contributed by atoms with Crippen LogP contribution in [0.25, 0.3) is 11.4 Å². The highest BCUT2D eigenvalue weighted by Gasteiger charge is 2.21. The number of hydrogen-bond donors (Lipinski definition) is 2. The predicted octanol–water partition coefficient (Wildman–Crippen LogP) is 4.58. The Morgan fingerprint density at radius 3 is 2.36 bits per heavy atom. The molecule has 0 bridgehead atoms. The lowest BCUT2D eigenvalue weighted by molar-refractivity contribution is -0.115. The van der Waals surface area contributed by atoms with Gasteiger partial charge in [0.25, 0.3) is 0 Å². The van der Waals surface area contributed by atoms with Crippen LogP contribution in [0.5, 0.6) is 17.2 Å². The normalized spacial score (nSPS) is 11.6. The lowest BCUT2D eigenvalue weighted by Gasteiger charge is -2.12. The number of methoxy groups -OCH3 is 1. The van der Waals surface area contributed by atoms with Crippen molar-refractivity contribution in [2.24, 2.45) is 0 Å². The van der Waals surface area contributed by atoms with Crippen molar-refractivity contribution >= 4 is 23.4 Å². The maximum Gasteiger partial charge on any atom is 0.237 e. The van der Waals surface area contributed by atoms with Gasteiger partial charge in [0.1, 0.15) is 17.2 Å². The molecule has 33 heavy (non-hydrogen) atoms. The average molecular weight is 462 g/mol. The lowest BCUT2D eigenvalue weighted by Crippen LogP contribution is -2.23. The fourth-order valence-corrected chi connectivity index (χ4v) is 3.83. The maximum absolute atomic E-state index is 12.7. The van der Waals surface area contributed by atoms with E-state index in [1.165, 1.54) is 16.4 Å². The van der Waals surface area contributed by atoms with Crippen LogP contribution in [0.2, 0.25) is 0 Å². The number of carbonyl (C=O) groups is 1. The third kappa shape index (κ3) is 5.27. The first-order valence-electron chi connectivity index (χ1n) is 10.2. The standard InChI is InChI=1S/C24H23N5O3S/c1-16(33-24-28-27-22(29(24)25)20-10-6-7-11-21(20)31-2)23(30)26-17-12-14-19(15-13-17)32-18-8-4-3-5-9-18/h3-16H,25H2,1-2H3,(H,26,30)/t16-/m1/s1. The number of rotatable bonds is 8. The van der Waals surface area contributed by atoms with Crippen LogP contribution in [0.4, 0.5) is 5.69 Å². The molecule has 1 amide bonds. The van der Waals surface area contributed by atoms with Crippen LogP contribution >= 0.6 is 11.8 Å². The molecule has 3 aromatic carbocycles. The minimum absolute atomic E-state index is 0.182. The molecule has 1 heterocycles. The Bertz CT molecular complexity index is 1230. The fraction of sp³-hybridized carbons (Fsp3) is 0.125. The predicted molar refractivity (Wildman–Crippen MR) is 129 cm³/mol. The summed E-state index contributed by atoms with van der Waals surface area (Å²) < 4.78 is 12.5. The molecule has 0 radical (unpaired) electrons. The van der Waals surface area contributed by atoms with E-state index in [0.717, 1.165) is 11.3 Å². The molecule has 3 N–H and O–H groups in total. The van der Waals surface area contributed by atoms with Crippen LogP contribution in [0.15, 0.2) is 84.0 Å². The van der Waals surface area contributed by atoms with E-state index in [0.29, 0.717) is 28.2 Å². The number of anilines is 1. The van der Waals surface area contributed by atoms with Crippen LogP contribution in [-0.2, 0) is 4.79 Å². The molecular weight excluding hydrogens is 438 g/mol. The summed E-state index contributed by atoms with van der Waals surface area (Å²) in [5.41, 5.74) is 1.38. The van der Waals surface area contributed by atoms with Gasteiger partial charge in [0.05, 0.1) is 17.9 Å². The van der Waals surface area contributed by atoms with Crippen molar-refractivity contribution in [2.75, 3.05) is 18.3 Å². The first-order valence-corrected chi connectivity index (χ1v) is 11.1. The molecule has 9 heteroatoms. The number of benzene rings is 3. The SMILES string of the molecule is COc1ccccc1-c1nnc(S[C@H](C)C(=O)Nc2ccc(Oc3ccccc3)cc2)n1N.